The molecule has 1 aromatic rings. The average molecular weight is 223 g/mol. The number of ether oxygens (including phenoxy) is 2. The average Bonchev–Trinajstić information content (AvgIpc) is 2.27. The van der Waals surface area contributed by atoms with Crippen LogP contribution in [-0.2, 0) is 10.2 Å². The van der Waals surface area contributed by atoms with Crippen molar-refractivity contribution in [2.45, 2.75) is 19.3 Å². The standard InChI is InChI=1S/C12H17NO3/c1-12(2,11(13)14)8-6-5-7-9(15-3)10(8)16-4/h5-7H,1-4H3,(H2,13,14). The van der Waals surface area contributed by atoms with Crippen LogP contribution in [0.2, 0.25) is 0 Å². The third-order valence-corrected chi connectivity index (χ3v) is 2.69. The molecule has 0 fully saturated rings. The number of hydrogen-bond acceptors (Lipinski definition) is 3. The first-order valence-electron chi connectivity index (χ1n) is 4.96. The molecule has 1 rings (SSSR count). The lowest BCUT2D eigenvalue weighted by Crippen LogP contribution is -2.35. The van der Waals surface area contributed by atoms with E-state index in [0.29, 0.717) is 11.5 Å². The first kappa shape index (κ1) is 12.4. The molecule has 0 saturated carbocycles. The van der Waals surface area contributed by atoms with E-state index < -0.39 is 11.3 Å². The van der Waals surface area contributed by atoms with Crippen molar-refractivity contribution in [1.29, 1.82) is 0 Å². The molecule has 0 aliphatic heterocycles. The quantitative estimate of drug-likeness (QED) is 0.840. The third kappa shape index (κ3) is 1.96. The molecule has 0 radical (unpaired) electrons. The fourth-order valence-electron chi connectivity index (χ4n) is 1.51. The van der Waals surface area contributed by atoms with Gasteiger partial charge < -0.3 is 15.2 Å². The Morgan fingerprint density at radius 1 is 1.25 bits per heavy atom. The molecule has 16 heavy (non-hydrogen) atoms. The van der Waals surface area contributed by atoms with Gasteiger partial charge in [-0.1, -0.05) is 12.1 Å². The van der Waals surface area contributed by atoms with Gasteiger partial charge in [0.1, 0.15) is 0 Å². The van der Waals surface area contributed by atoms with Crippen molar-refractivity contribution in [1.82, 2.24) is 0 Å². The SMILES string of the molecule is COc1cccc(C(C)(C)C(N)=O)c1OC. The molecule has 0 atom stereocenters. The van der Waals surface area contributed by atoms with Gasteiger partial charge in [-0.2, -0.15) is 0 Å². The normalized spacial score (nSPS) is 11.0. The van der Waals surface area contributed by atoms with Crippen LogP contribution in [0.15, 0.2) is 18.2 Å². The highest BCUT2D eigenvalue weighted by molar-refractivity contribution is 5.87. The van der Waals surface area contributed by atoms with E-state index in [1.165, 1.54) is 0 Å². The summed E-state index contributed by atoms with van der Waals surface area (Å²) >= 11 is 0. The Balaban J connectivity index is 3.39. The molecular weight excluding hydrogens is 206 g/mol. The maximum atomic E-state index is 11.4. The molecule has 4 heteroatoms. The summed E-state index contributed by atoms with van der Waals surface area (Å²) in [6.07, 6.45) is 0. The Morgan fingerprint density at radius 2 is 1.88 bits per heavy atom. The van der Waals surface area contributed by atoms with Crippen LogP contribution < -0.4 is 15.2 Å². The van der Waals surface area contributed by atoms with Gasteiger partial charge in [0.05, 0.1) is 19.6 Å². The maximum Gasteiger partial charge on any atom is 0.227 e. The van der Waals surface area contributed by atoms with Gasteiger partial charge in [-0.3, -0.25) is 4.79 Å². The zero-order valence-electron chi connectivity index (χ0n) is 10.0. The number of primary amides is 1. The first-order chi connectivity index (χ1) is 7.45. The summed E-state index contributed by atoms with van der Waals surface area (Å²) in [4.78, 5) is 11.4. The van der Waals surface area contributed by atoms with Crippen LogP contribution in [0.1, 0.15) is 19.4 Å². The summed E-state index contributed by atoms with van der Waals surface area (Å²) < 4.78 is 10.4. The Kier molecular flexibility index (Phi) is 3.42. The van der Waals surface area contributed by atoms with E-state index in [9.17, 15) is 4.79 Å². The summed E-state index contributed by atoms with van der Waals surface area (Å²) in [7, 11) is 3.09. The third-order valence-electron chi connectivity index (χ3n) is 2.69. The Hall–Kier alpha value is -1.71. The molecule has 0 aliphatic rings. The van der Waals surface area contributed by atoms with Gasteiger partial charge in [-0.05, 0) is 19.9 Å². The van der Waals surface area contributed by atoms with Crippen LogP contribution in [0.25, 0.3) is 0 Å². The predicted octanol–water partition coefficient (Wildman–Crippen LogP) is 1.47. The van der Waals surface area contributed by atoms with E-state index >= 15 is 0 Å². The highest BCUT2D eigenvalue weighted by Crippen LogP contribution is 2.38. The Labute approximate surface area is 95.3 Å². The van der Waals surface area contributed by atoms with Gasteiger partial charge in [-0.15, -0.1) is 0 Å². The molecule has 2 N–H and O–H groups in total. The predicted molar refractivity (Wildman–Crippen MR) is 61.8 cm³/mol. The Morgan fingerprint density at radius 3 is 2.31 bits per heavy atom. The number of benzene rings is 1. The van der Waals surface area contributed by atoms with Crippen LogP contribution in [0.4, 0.5) is 0 Å². The number of rotatable bonds is 4. The number of hydrogen-bond donors (Lipinski definition) is 1. The molecule has 0 bridgehead atoms. The number of nitrogens with two attached hydrogens (primary N) is 1. The van der Waals surface area contributed by atoms with Crippen molar-refractivity contribution >= 4 is 5.91 Å². The van der Waals surface area contributed by atoms with Crippen molar-refractivity contribution < 1.29 is 14.3 Å². The summed E-state index contributed by atoms with van der Waals surface area (Å²) in [5.41, 5.74) is 5.31. The minimum absolute atomic E-state index is 0.404. The van der Waals surface area contributed by atoms with Crippen LogP contribution in [-0.4, -0.2) is 20.1 Å². The minimum atomic E-state index is -0.792. The fourth-order valence-corrected chi connectivity index (χ4v) is 1.51. The van der Waals surface area contributed by atoms with Gasteiger partial charge in [0.15, 0.2) is 11.5 Å². The van der Waals surface area contributed by atoms with Gasteiger partial charge >= 0.3 is 0 Å². The van der Waals surface area contributed by atoms with Crippen molar-refractivity contribution in [2.24, 2.45) is 5.73 Å². The van der Waals surface area contributed by atoms with E-state index in [0.717, 1.165) is 5.56 Å². The zero-order valence-corrected chi connectivity index (χ0v) is 10.0. The second-order valence-corrected chi connectivity index (χ2v) is 4.03. The molecule has 0 saturated heterocycles. The molecule has 0 unspecified atom stereocenters. The van der Waals surface area contributed by atoms with Gasteiger partial charge in [0.25, 0.3) is 0 Å². The molecule has 1 aromatic carbocycles. The number of para-hydroxylation sites is 1. The highest BCUT2D eigenvalue weighted by Gasteiger charge is 2.31. The second-order valence-electron chi connectivity index (χ2n) is 4.03. The molecule has 0 heterocycles. The largest absolute Gasteiger partial charge is 0.493 e. The van der Waals surface area contributed by atoms with Crippen molar-refractivity contribution in [3.8, 4) is 11.5 Å². The number of methoxy groups -OCH3 is 2. The molecule has 1 amide bonds. The van der Waals surface area contributed by atoms with Gasteiger partial charge in [0.2, 0.25) is 5.91 Å². The number of carbonyl (C=O) groups is 1. The van der Waals surface area contributed by atoms with Gasteiger partial charge in [-0.25, -0.2) is 0 Å². The van der Waals surface area contributed by atoms with Crippen LogP contribution in [0.5, 0.6) is 11.5 Å². The minimum Gasteiger partial charge on any atom is -0.493 e. The fraction of sp³-hybridized carbons (Fsp3) is 0.417. The van der Waals surface area contributed by atoms with E-state index in [2.05, 4.69) is 0 Å². The summed E-state index contributed by atoms with van der Waals surface area (Å²) in [6, 6.07) is 5.40. The monoisotopic (exact) mass is 223 g/mol. The summed E-state index contributed by atoms with van der Waals surface area (Å²) in [6.45, 7) is 3.51. The van der Waals surface area contributed by atoms with Crippen LogP contribution >= 0.6 is 0 Å². The number of carbonyl (C=O) groups excluding carboxylic acids is 1. The second kappa shape index (κ2) is 4.43. The summed E-state index contributed by atoms with van der Waals surface area (Å²) in [5.74, 6) is 0.738. The molecule has 88 valence electrons. The lowest BCUT2D eigenvalue weighted by molar-refractivity contribution is -0.122. The van der Waals surface area contributed by atoms with E-state index in [-0.39, 0.29) is 0 Å². The van der Waals surface area contributed by atoms with E-state index in [1.807, 2.05) is 6.07 Å². The molecular formula is C12H17NO3. The van der Waals surface area contributed by atoms with Crippen molar-refractivity contribution in [3.63, 3.8) is 0 Å². The van der Waals surface area contributed by atoms with Gasteiger partial charge in [0, 0.05) is 5.56 Å². The first-order valence-corrected chi connectivity index (χ1v) is 4.96. The summed E-state index contributed by atoms with van der Waals surface area (Å²) in [5, 5.41) is 0. The van der Waals surface area contributed by atoms with Crippen LogP contribution in [0.3, 0.4) is 0 Å². The topological polar surface area (TPSA) is 61.5 Å². The van der Waals surface area contributed by atoms with E-state index in [4.69, 9.17) is 15.2 Å². The van der Waals surface area contributed by atoms with Crippen LogP contribution in [0, 0.1) is 0 Å². The lowest BCUT2D eigenvalue weighted by Gasteiger charge is -2.24. The molecule has 0 aliphatic carbocycles. The van der Waals surface area contributed by atoms with Crippen molar-refractivity contribution in [2.75, 3.05) is 14.2 Å². The zero-order chi connectivity index (χ0) is 12.3. The molecule has 0 spiro atoms. The Bertz CT molecular complexity index is 399. The smallest absolute Gasteiger partial charge is 0.227 e. The highest BCUT2D eigenvalue weighted by atomic mass is 16.5. The van der Waals surface area contributed by atoms with E-state index in [1.54, 1.807) is 40.2 Å². The number of amides is 1. The lowest BCUT2D eigenvalue weighted by atomic mass is 9.83. The molecule has 0 aromatic heterocycles. The maximum absolute atomic E-state index is 11.4. The molecule has 4 nitrogen and oxygen atoms in total. The van der Waals surface area contributed by atoms with Crippen molar-refractivity contribution in [3.05, 3.63) is 23.8 Å².